The van der Waals surface area contributed by atoms with Crippen molar-refractivity contribution in [3.05, 3.63) is 87.9 Å². The Labute approximate surface area is 179 Å². The van der Waals surface area contributed by atoms with Crippen LogP contribution in [0.4, 0.5) is 4.39 Å². The van der Waals surface area contributed by atoms with Crippen LogP contribution in [0.25, 0.3) is 0 Å². The minimum atomic E-state index is -3.72. The van der Waals surface area contributed by atoms with Crippen molar-refractivity contribution in [1.82, 2.24) is 15.4 Å². The van der Waals surface area contributed by atoms with Crippen LogP contribution in [0.3, 0.4) is 0 Å². The SMILES string of the molecule is CN=C(NCc1ccsc1)NCc1cccc(S(=O)(=O)NCc2cccc(F)c2)c1. The predicted molar refractivity (Wildman–Crippen MR) is 118 cm³/mol. The van der Waals surface area contributed by atoms with Crippen molar-refractivity contribution >= 4 is 27.3 Å². The van der Waals surface area contributed by atoms with Gasteiger partial charge in [0, 0.05) is 26.7 Å². The van der Waals surface area contributed by atoms with E-state index in [1.165, 1.54) is 23.8 Å². The highest BCUT2D eigenvalue weighted by atomic mass is 32.2. The number of thiophene rings is 1. The number of sulfonamides is 1. The summed E-state index contributed by atoms with van der Waals surface area (Å²) < 4.78 is 41.0. The first-order chi connectivity index (χ1) is 14.5. The van der Waals surface area contributed by atoms with Gasteiger partial charge in [0.2, 0.25) is 10.0 Å². The van der Waals surface area contributed by atoms with Gasteiger partial charge in [-0.25, -0.2) is 17.5 Å². The van der Waals surface area contributed by atoms with E-state index < -0.39 is 15.8 Å². The Hall–Kier alpha value is -2.75. The van der Waals surface area contributed by atoms with Crippen LogP contribution in [0.1, 0.15) is 16.7 Å². The highest BCUT2D eigenvalue weighted by Crippen LogP contribution is 2.13. The predicted octanol–water partition coefficient (Wildman–Crippen LogP) is 3.23. The Bertz CT molecular complexity index is 1100. The van der Waals surface area contributed by atoms with Crippen molar-refractivity contribution < 1.29 is 12.8 Å². The van der Waals surface area contributed by atoms with Crippen molar-refractivity contribution in [2.45, 2.75) is 24.5 Å². The van der Waals surface area contributed by atoms with Crippen molar-refractivity contribution in [1.29, 1.82) is 0 Å². The normalized spacial score (nSPS) is 12.0. The summed E-state index contributed by atoms with van der Waals surface area (Å²) in [5.41, 5.74) is 2.51. The van der Waals surface area contributed by atoms with E-state index >= 15 is 0 Å². The molecule has 0 spiro atoms. The fraction of sp³-hybridized carbons (Fsp3) is 0.190. The zero-order chi connectivity index (χ0) is 21.4. The molecule has 0 fully saturated rings. The molecule has 158 valence electrons. The molecule has 30 heavy (non-hydrogen) atoms. The molecule has 0 aliphatic rings. The fourth-order valence-electron chi connectivity index (χ4n) is 2.72. The van der Waals surface area contributed by atoms with E-state index in [1.807, 2.05) is 17.5 Å². The number of nitrogens with zero attached hydrogens (tertiary/aromatic N) is 1. The lowest BCUT2D eigenvalue weighted by Gasteiger charge is -2.12. The van der Waals surface area contributed by atoms with Gasteiger partial charge in [-0.1, -0.05) is 24.3 Å². The van der Waals surface area contributed by atoms with Crippen LogP contribution in [0.15, 0.2) is 75.2 Å². The maximum atomic E-state index is 13.3. The van der Waals surface area contributed by atoms with Gasteiger partial charge in [-0.15, -0.1) is 0 Å². The molecule has 0 saturated heterocycles. The van der Waals surface area contributed by atoms with Gasteiger partial charge in [-0.2, -0.15) is 11.3 Å². The van der Waals surface area contributed by atoms with E-state index in [9.17, 15) is 12.8 Å². The zero-order valence-electron chi connectivity index (χ0n) is 16.4. The third-order valence-corrected chi connectivity index (χ3v) is 6.42. The van der Waals surface area contributed by atoms with Gasteiger partial charge in [-0.3, -0.25) is 4.99 Å². The Kier molecular flexibility index (Phi) is 7.56. The molecule has 0 aliphatic carbocycles. The fourth-order valence-corrected chi connectivity index (χ4v) is 4.47. The summed E-state index contributed by atoms with van der Waals surface area (Å²) in [5.74, 6) is 0.222. The van der Waals surface area contributed by atoms with Crippen LogP contribution in [0, 0.1) is 5.82 Å². The second-order valence-corrected chi connectivity index (χ2v) is 9.06. The minimum Gasteiger partial charge on any atom is -0.352 e. The van der Waals surface area contributed by atoms with Gasteiger partial charge in [0.05, 0.1) is 4.90 Å². The highest BCUT2D eigenvalue weighted by molar-refractivity contribution is 7.89. The summed E-state index contributed by atoms with van der Waals surface area (Å²) in [6.07, 6.45) is 0. The van der Waals surface area contributed by atoms with Gasteiger partial charge < -0.3 is 10.6 Å². The first-order valence-electron chi connectivity index (χ1n) is 9.25. The molecule has 0 atom stereocenters. The lowest BCUT2D eigenvalue weighted by Crippen LogP contribution is -2.36. The number of rotatable bonds is 8. The molecule has 3 rings (SSSR count). The van der Waals surface area contributed by atoms with Gasteiger partial charge in [0.1, 0.15) is 5.82 Å². The van der Waals surface area contributed by atoms with E-state index in [4.69, 9.17) is 0 Å². The molecular formula is C21H23FN4O2S2. The van der Waals surface area contributed by atoms with Crippen LogP contribution in [0.2, 0.25) is 0 Å². The number of aliphatic imine (C=N–C) groups is 1. The molecule has 3 aromatic rings. The molecule has 6 nitrogen and oxygen atoms in total. The molecule has 3 N–H and O–H groups in total. The largest absolute Gasteiger partial charge is 0.352 e. The molecule has 9 heteroatoms. The standard InChI is InChI=1S/C21H23FN4O2S2/c1-23-21(25-13-18-8-9-29-15-18)24-12-17-5-3-7-20(11-17)30(27,28)26-14-16-4-2-6-19(22)10-16/h2-11,15,26H,12-14H2,1H3,(H2,23,24,25). The molecule has 0 bridgehead atoms. The van der Waals surface area contributed by atoms with Gasteiger partial charge in [0.25, 0.3) is 0 Å². The number of halogens is 1. The van der Waals surface area contributed by atoms with Gasteiger partial charge >= 0.3 is 0 Å². The van der Waals surface area contributed by atoms with Crippen LogP contribution in [-0.2, 0) is 29.7 Å². The third-order valence-electron chi connectivity index (χ3n) is 4.29. The van der Waals surface area contributed by atoms with E-state index in [-0.39, 0.29) is 11.4 Å². The second kappa shape index (κ2) is 10.3. The molecule has 0 amide bonds. The monoisotopic (exact) mass is 446 g/mol. The average Bonchev–Trinajstić information content (AvgIpc) is 3.26. The number of hydrogen-bond donors (Lipinski definition) is 3. The Morgan fingerprint density at radius 3 is 2.33 bits per heavy atom. The maximum Gasteiger partial charge on any atom is 0.240 e. The van der Waals surface area contributed by atoms with Crippen molar-refractivity contribution in [2.75, 3.05) is 7.05 Å². The number of hydrogen-bond acceptors (Lipinski definition) is 4. The Balaban J connectivity index is 1.58. The molecule has 0 radical (unpaired) electrons. The number of benzene rings is 2. The highest BCUT2D eigenvalue weighted by Gasteiger charge is 2.14. The van der Waals surface area contributed by atoms with Crippen molar-refractivity contribution in [3.8, 4) is 0 Å². The molecule has 0 aliphatic heterocycles. The van der Waals surface area contributed by atoms with E-state index in [0.717, 1.165) is 5.56 Å². The number of nitrogens with one attached hydrogen (secondary N) is 3. The van der Waals surface area contributed by atoms with E-state index in [2.05, 4.69) is 25.7 Å². The summed E-state index contributed by atoms with van der Waals surface area (Å²) in [5, 5.41) is 10.5. The van der Waals surface area contributed by atoms with Crippen molar-refractivity contribution in [3.63, 3.8) is 0 Å². The first-order valence-corrected chi connectivity index (χ1v) is 11.7. The lowest BCUT2D eigenvalue weighted by molar-refractivity contribution is 0.580. The third kappa shape index (κ3) is 6.38. The Morgan fingerprint density at radius 2 is 1.67 bits per heavy atom. The van der Waals surface area contributed by atoms with Crippen LogP contribution >= 0.6 is 11.3 Å². The molecule has 0 unspecified atom stereocenters. The molecule has 1 heterocycles. The summed E-state index contributed by atoms with van der Waals surface area (Å²) >= 11 is 1.63. The lowest BCUT2D eigenvalue weighted by atomic mass is 10.2. The summed E-state index contributed by atoms with van der Waals surface area (Å²) in [6.45, 7) is 1.08. The van der Waals surface area contributed by atoms with Gasteiger partial charge in [-0.05, 0) is 57.8 Å². The smallest absolute Gasteiger partial charge is 0.240 e. The van der Waals surface area contributed by atoms with Gasteiger partial charge in [0.15, 0.2) is 5.96 Å². The van der Waals surface area contributed by atoms with Crippen molar-refractivity contribution in [2.24, 2.45) is 4.99 Å². The van der Waals surface area contributed by atoms with Crippen LogP contribution in [0.5, 0.6) is 0 Å². The molecule has 0 saturated carbocycles. The average molecular weight is 447 g/mol. The zero-order valence-corrected chi connectivity index (χ0v) is 18.1. The summed E-state index contributed by atoms with van der Waals surface area (Å²) in [7, 11) is -2.04. The van der Waals surface area contributed by atoms with Crippen LogP contribution < -0.4 is 15.4 Å². The minimum absolute atomic E-state index is 0.0156. The van der Waals surface area contributed by atoms with E-state index in [0.29, 0.717) is 24.6 Å². The summed E-state index contributed by atoms with van der Waals surface area (Å²) in [6, 6.07) is 14.5. The topological polar surface area (TPSA) is 82.6 Å². The second-order valence-electron chi connectivity index (χ2n) is 6.51. The van der Waals surface area contributed by atoms with Crippen LogP contribution in [-0.4, -0.2) is 21.4 Å². The molecular weight excluding hydrogens is 423 g/mol. The Morgan fingerprint density at radius 1 is 0.967 bits per heavy atom. The first kappa shape index (κ1) is 21.9. The maximum absolute atomic E-state index is 13.3. The molecule has 2 aromatic carbocycles. The van der Waals surface area contributed by atoms with E-state index in [1.54, 1.807) is 42.6 Å². The number of guanidine groups is 1. The quantitative estimate of drug-likeness (QED) is 0.367. The molecule has 1 aromatic heterocycles. The summed E-state index contributed by atoms with van der Waals surface area (Å²) in [4.78, 5) is 4.33.